The van der Waals surface area contributed by atoms with Crippen molar-refractivity contribution in [3.8, 4) is 5.75 Å². The van der Waals surface area contributed by atoms with Crippen LogP contribution >= 0.6 is 0 Å². The van der Waals surface area contributed by atoms with Crippen LogP contribution in [0, 0.1) is 16.0 Å². The Morgan fingerprint density at radius 3 is 2.79 bits per heavy atom. The van der Waals surface area contributed by atoms with Crippen LogP contribution < -0.4 is 10.1 Å². The van der Waals surface area contributed by atoms with Gasteiger partial charge in [-0.2, -0.15) is 0 Å². The van der Waals surface area contributed by atoms with Gasteiger partial charge in [-0.25, -0.2) is 0 Å². The average molecular weight is 284 g/mol. The standard InChI is InChI=1S/C12H16N2O4S/c1-18-12-3-2-9(4-11(12)14(15)16)7-19(17)8-10-5-13-6-10/h2-4,10,13H,5-8H2,1H3. The highest BCUT2D eigenvalue weighted by molar-refractivity contribution is 7.84. The second-order valence-electron chi connectivity index (χ2n) is 4.54. The Bertz CT molecular complexity index is 503. The van der Waals surface area contributed by atoms with Crippen molar-refractivity contribution in [3.63, 3.8) is 0 Å². The van der Waals surface area contributed by atoms with Crippen LogP contribution in [0.5, 0.6) is 5.75 Å². The van der Waals surface area contributed by atoms with E-state index < -0.39 is 15.7 Å². The monoisotopic (exact) mass is 284 g/mol. The van der Waals surface area contributed by atoms with Crippen LogP contribution in [0.2, 0.25) is 0 Å². The molecule has 1 heterocycles. The van der Waals surface area contributed by atoms with Crippen LogP contribution in [-0.4, -0.2) is 35.1 Å². The number of methoxy groups -OCH3 is 1. The molecular formula is C12H16N2O4S. The summed E-state index contributed by atoms with van der Waals surface area (Å²) in [5, 5.41) is 14.0. The highest BCUT2D eigenvalue weighted by atomic mass is 32.2. The molecule has 0 spiro atoms. The highest BCUT2D eigenvalue weighted by Gasteiger charge is 2.20. The molecule has 1 aromatic carbocycles. The molecule has 0 aliphatic carbocycles. The quantitative estimate of drug-likeness (QED) is 0.624. The fourth-order valence-electron chi connectivity index (χ4n) is 1.94. The Hall–Kier alpha value is -1.47. The van der Waals surface area contributed by atoms with Gasteiger partial charge in [-0.15, -0.1) is 0 Å². The molecule has 1 atom stereocenters. The summed E-state index contributed by atoms with van der Waals surface area (Å²) in [6, 6.07) is 4.72. The van der Waals surface area contributed by atoms with E-state index in [0.717, 1.165) is 13.1 Å². The van der Waals surface area contributed by atoms with E-state index in [1.165, 1.54) is 13.2 Å². The van der Waals surface area contributed by atoms with Gasteiger partial charge in [-0.3, -0.25) is 14.3 Å². The summed E-state index contributed by atoms with van der Waals surface area (Å²) < 4.78 is 16.9. The van der Waals surface area contributed by atoms with Crippen molar-refractivity contribution in [1.82, 2.24) is 5.32 Å². The lowest BCUT2D eigenvalue weighted by atomic mass is 10.1. The van der Waals surface area contributed by atoms with Crippen molar-refractivity contribution in [1.29, 1.82) is 0 Å². The molecule has 104 valence electrons. The second-order valence-corrected chi connectivity index (χ2v) is 6.04. The van der Waals surface area contributed by atoms with Gasteiger partial charge in [0.2, 0.25) is 0 Å². The molecular weight excluding hydrogens is 268 g/mol. The zero-order valence-electron chi connectivity index (χ0n) is 10.6. The van der Waals surface area contributed by atoms with E-state index in [9.17, 15) is 14.3 Å². The molecule has 2 rings (SSSR count). The van der Waals surface area contributed by atoms with Crippen LogP contribution in [0.15, 0.2) is 18.2 Å². The van der Waals surface area contributed by atoms with Gasteiger partial charge in [0.05, 0.1) is 12.0 Å². The van der Waals surface area contributed by atoms with Gasteiger partial charge in [0.25, 0.3) is 0 Å². The van der Waals surface area contributed by atoms with E-state index in [4.69, 9.17) is 4.74 Å². The molecule has 6 nitrogen and oxygen atoms in total. The first-order valence-electron chi connectivity index (χ1n) is 5.97. The Labute approximate surface area is 113 Å². The molecule has 1 aliphatic heterocycles. The summed E-state index contributed by atoms with van der Waals surface area (Å²) >= 11 is 0. The minimum Gasteiger partial charge on any atom is -0.490 e. The number of nitro benzene ring substituents is 1. The molecule has 0 radical (unpaired) electrons. The third-order valence-electron chi connectivity index (χ3n) is 3.06. The Kier molecular flexibility index (Phi) is 4.49. The summed E-state index contributed by atoms with van der Waals surface area (Å²) in [6.45, 7) is 1.82. The normalized spacial score (nSPS) is 16.7. The maximum Gasteiger partial charge on any atom is 0.311 e. The fraction of sp³-hybridized carbons (Fsp3) is 0.500. The van der Waals surface area contributed by atoms with Gasteiger partial charge in [-0.1, -0.05) is 6.07 Å². The maximum absolute atomic E-state index is 11.9. The van der Waals surface area contributed by atoms with E-state index in [0.29, 0.717) is 23.0 Å². The van der Waals surface area contributed by atoms with E-state index in [2.05, 4.69) is 5.32 Å². The molecule has 0 saturated carbocycles. The highest BCUT2D eigenvalue weighted by Crippen LogP contribution is 2.28. The van der Waals surface area contributed by atoms with Crippen molar-refractivity contribution in [3.05, 3.63) is 33.9 Å². The fourth-order valence-corrected chi connectivity index (χ4v) is 3.37. The number of benzene rings is 1. The molecule has 7 heteroatoms. The Balaban J connectivity index is 2.05. The molecule has 0 bridgehead atoms. The smallest absolute Gasteiger partial charge is 0.311 e. The lowest BCUT2D eigenvalue weighted by Gasteiger charge is -2.26. The van der Waals surface area contributed by atoms with Gasteiger partial charge in [0, 0.05) is 41.5 Å². The van der Waals surface area contributed by atoms with Crippen molar-refractivity contribution >= 4 is 16.5 Å². The zero-order chi connectivity index (χ0) is 13.8. The largest absolute Gasteiger partial charge is 0.490 e. The number of nitrogens with zero attached hydrogens (tertiary/aromatic N) is 1. The number of nitro groups is 1. The summed E-state index contributed by atoms with van der Waals surface area (Å²) in [5.74, 6) is 1.69. The first-order valence-corrected chi connectivity index (χ1v) is 7.46. The summed E-state index contributed by atoms with van der Waals surface area (Å²) in [5.41, 5.74) is 0.625. The van der Waals surface area contributed by atoms with Gasteiger partial charge < -0.3 is 10.1 Å². The van der Waals surface area contributed by atoms with Crippen molar-refractivity contribution in [2.24, 2.45) is 5.92 Å². The Morgan fingerprint density at radius 2 is 2.26 bits per heavy atom. The van der Waals surface area contributed by atoms with Crippen molar-refractivity contribution in [2.75, 3.05) is 26.0 Å². The molecule has 1 unspecified atom stereocenters. The van der Waals surface area contributed by atoms with Gasteiger partial charge >= 0.3 is 5.69 Å². The topological polar surface area (TPSA) is 81.5 Å². The average Bonchev–Trinajstić information content (AvgIpc) is 2.33. The Morgan fingerprint density at radius 1 is 1.53 bits per heavy atom. The third-order valence-corrected chi connectivity index (χ3v) is 4.55. The van der Waals surface area contributed by atoms with Gasteiger partial charge in [0.1, 0.15) is 0 Å². The van der Waals surface area contributed by atoms with Gasteiger partial charge in [-0.05, 0) is 17.5 Å². The van der Waals surface area contributed by atoms with Gasteiger partial charge in [0.15, 0.2) is 5.75 Å². The van der Waals surface area contributed by atoms with E-state index in [1.807, 2.05) is 0 Å². The van der Waals surface area contributed by atoms with Crippen LogP contribution in [-0.2, 0) is 16.6 Å². The van der Waals surface area contributed by atoms with Crippen LogP contribution in [0.1, 0.15) is 5.56 Å². The number of ether oxygens (including phenoxy) is 1. The summed E-state index contributed by atoms with van der Waals surface area (Å²) in [7, 11) is 0.409. The van der Waals surface area contributed by atoms with E-state index in [-0.39, 0.29) is 11.4 Å². The van der Waals surface area contributed by atoms with E-state index in [1.54, 1.807) is 12.1 Å². The predicted octanol–water partition coefficient (Wildman–Crippen LogP) is 1.07. The molecule has 0 aromatic heterocycles. The minimum atomic E-state index is -0.983. The van der Waals surface area contributed by atoms with Crippen LogP contribution in [0.4, 0.5) is 5.69 Å². The molecule has 1 saturated heterocycles. The van der Waals surface area contributed by atoms with E-state index >= 15 is 0 Å². The second kappa shape index (κ2) is 6.12. The zero-order valence-corrected chi connectivity index (χ0v) is 11.4. The van der Waals surface area contributed by atoms with Crippen LogP contribution in [0.3, 0.4) is 0 Å². The number of hydrogen-bond donors (Lipinski definition) is 1. The first kappa shape index (κ1) is 14.0. The van der Waals surface area contributed by atoms with Crippen LogP contribution in [0.25, 0.3) is 0 Å². The summed E-state index contributed by atoms with van der Waals surface area (Å²) in [4.78, 5) is 10.4. The molecule has 1 fully saturated rings. The molecule has 0 amide bonds. The third kappa shape index (κ3) is 3.51. The predicted molar refractivity (Wildman–Crippen MR) is 72.7 cm³/mol. The molecule has 1 N–H and O–H groups in total. The number of rotatable bonds is 6. The molecule has 19 heavy (non-hydrogen) atoms. The minimum absolute atomic E-state index is 0.0812. The first-order chi connectivity index (χ1) is 9.10. The number of nitrogens with one attached hydrogen (secondary N) is 1. The number of hydrogen-bond acceptors (Lipinski definition) is 5. The summed E-state index contributed by atoms with van der Waals surface area (Å²) in [6.07, 6.45) is 0. The van der Waals surface area contributed by atoms with Crippen molar-refractivity contribution < 1.29 is 13.9 Å². The van der Waals surface area contributed by atoms with Crippen molar-refractivity contribution in [2.45, 2.75) is 5.75 Å². The SMILES string of the molecule is COc1ccc(CS(=O)CC2CNC2)cc1[N+](=O)[O-]. The molecule has 1 aliphatic rings. The lowest BCUT2D eigenvalue weighted by Crippen LogP contribution is -2.44. The molecule has 1 aromatic rings. The maximum atomic E-state index is 11.9. The lowest BCUT2D eigenvalue weighted by molar-refractivity contribution is -0.385.